The molecule has 9 heteroatoms. The Morgan fingerprint density at radius 2 is 0.897 bits per heavy atom. The van der Waals surface area contributed by atoms with Crippen LogP contribution in [0.2, 0.25) is 0 Å². The number of rotatable bonds is 8. The van der Waals surface area contributed by atoms with Gasteiger partial charge in [-0.1, -0.05) is 48.5 Å². The third-order valence-electron chi connectivity index (χ3n) is 10.7. The molecule has 0 radical (unpaired) electrons. The number of H-pyrrole nitrogens is 1. The van der Waals surface area contributed by atoms with Gasteiger partial charge < -0.3 is 34.2 Å². The molecule has 0 fully saturated rings. The number of benzene rings is 4. The van der Waals surface area contributed by atoms with Gasteiger partial charge in [-0.15, -0.1) is 0 Å². The summed E-state index contributed by atoms with van der Waals surface area (Å²) in [5, 5.41) is 0. The number of aromatic nitrogens is 4. The van der Waals surface area contributed by atoms with Crippen LogP contribution < -0.4 is 24.7 Å². The molecular weight excluding hydrogens is 723 g/mol. The average Bonchev–Trinajstić information content (AvgIpc) is 4.08. The van der Waals surface area contributed by atoms with Gasteiger partial charge in [-0.25, -0.2) is 9.97 Å². The molecule has 0 spiro atoms. The van der Waals surface area contributed by atoms with Crippen molar-refractivity contribution in [2.24, 2.45) is 12.8 Å². The van der Waals surface area contributed by atoms with Gasteiger partial charge in [0.05, 0.1) is 67.9 Å². The third-order valence-corrected chi connectivity index (χ3v) is 10.7. The van der Waals surface area contributed by atoms with Crippen LogP contribution in [0.5, 0.6) is 23.0 Å². The van der Waals surface area contributed by atoms with E-state index in [1.54, 1.807) is 28.4 Å². The Balaban J connectivity index is 1.51. The number of ether oxygens (including phenoxy) is 4. The summed E-state index contributed by atoms with van der Waals surface area (Å²) in [6.45, 7) is 0. The number of hydrogen-bond donors (Lipinski definition) is 2. The molecular formula is C49H41N5O4. The van der Waals surface area contributed by atoms with E-state index in [0.29, 0.717) is 17.1 Å². The first-order chi connectivity index (χ1) is 28.4. The van der Waals surface area contributed by atoms with E-state index in [4.69, 9.17) is 34.6 Å². The van der Waals surface area contributed by atoms with Crippen molar-refractivity contribution < 1.29 is 18.9 Å². The van der Waals surface area contributed by atoms with Gasteiger partial charge in [-0.3, -0.25) is 0 Å². The van der Waals surface area contributed by atoms with E-state index in [1.807, 2.05) is 84.9 Å². The van der Waals surface area contributed by atoms with Gasteiger partial charge in [0, 0.05) is 40.3 Å². The molecule has 0 saturated carbocycles. The molecule has 2 aliphatic heterocycles. The van der Waals surface area contributed by atoms with Gasteiger partial charge in [0.2, 0.25) is 0 Å². The van der Waals surface area contributed by atoms with Crippen molar-refractivity contribution in [2.45, 2.75) is 0 Å². The molecule has 0 unspecified atom stereocenters. The van der Waals surface area contributed by atoms with Crippen molar-refractivity contribution in [1.29, 1.82) is 0 Å². The van der Waals surface area contributed by atoms with E-state index >= 15 is 0 Å². The summed E-state index contributed by atoms with van der Waals surface area (Å²) >= 11 is 0. The molecule has 286 valence electrons. The van der Waals surface area contributed by atoms with Gasteiger partial charge in [0.1, 0.15) is 23.0 Å². The van der Waals surface area contributed by atoms with E-state index < -0.39 is 0 Å². The molecule has 9 rings (SSSR count). The fourth-order valence-corrected chi connectivity index (χ4v) is 7.93. The first-order valence-corrected chi connectivity index (χ1v) is 18.9. The van der Waals surface area contributed by atoms with Gasteiger partial charge in [-0.2, -0.15) is 0 Å². The monoisotopic (exact) mass is 763 g/mol. The lowest BCUT2D eigenvalue weighted by atomic mass is 10.0. The zero-order chi connectivity index (χ0) is 39.9. The predicted molar refractivity (Wildman–Crippen MR) is 235 cm³/mol. The van der Waals surface area contributed by atoms with Crippen molar-refractivity contribution in [3.8, 4) is 67.5 Å². The Morgan fingerprint density at radius 3 is 1.38 bits per heavy atom. The Kier molecular flexibility index (Phi) is 9.26. The number of nitrogens with two attached hydrogens (primary N) is 1. The molecule has 0 aliphatic carbocycles. The zero-order valence-corrected chi connectivity index (χ0v) is 32.8. The topological polar surface area (TPSA) is 109 Å². The first kappa shape index (κ1) is 36.1. The summed E-state index contributed by atoms with van der Waals surface area (Å²) in [4.78, 5) is 14.6. The highest BCUT2D eigenvalue weighted by molar-refractivity contribution is 6.02. The molecule has 3 N–H and O–H groups in total. The second-order valence-corrected chi connectivity index (χ2v) is 14.0. The van der Waals surface area contributed by atoms with Gasteiger partial charge >= 0.3 is 0 Å². The van der Waals surface area contributed by atoms with E-state index in [2.05, 4.69) is 71.2 Å². The minimum atomic E-state index is 0.533. The molecule has 8 bridgehead atoms. The number of methoxy groups -OCH3 is 4. The van der Waals surface area contributed by atoms with Crippen molar-refractivity contribution in [3.05, 3.63) is 144 Å². The highest BCUT2D eigenvalue weighted by atomic mass is 16.5. The Hall–Kier alpha value is -7.52. The van der Waals surface area contributed by atoms with E-state index in [-0.39, 0.29) is 0 Å². The molecule has 7 aromatic rings. The minimum Gasteiger partial charge on any atom is -0.497 e. The van der Waals surface area contributed by atoms with Crippen molar-refractivity contribution >= 4 is 46.0 Å². The number of nitrogens with one attached hydrogen (secondary N) is 1. The smallest absolute Gasteiger partial charge is 0.119 e. The molecule has 58 heavy (non-hydrogen) atoms. The Labute approximate surface area is 336 Å². The fraction of sp³-hybridized carbons (Fsp3) is 0.102. The van der Waals surface area contributed by atoms with E-state index in [1.165, 1.54) is 0 Å². The molecule has 0 atom stereocenters. The highest BCUT2D eigenvalue weighted by Crippen LogP contribution is 2.41. The van der Waals surface area contributed by atoms with Crippen LogP contribution in [0.25, 0.3) is 90.5 Å². The maximum absolute atomic E-state index is 7.07. The SMILES string of the molecule is COc1cccc(-c2c3nc(c(-c4cccc(OC)c4)c4ccc(c(-c5cccc(OC)c5)c5nc(c(-c6cccc(OC)c6)c6ccc2[nH]6)C(N)=C5)n4C)C=C3)c1. The lowest BCUT2D eigenvalue weighted by Crippen LogP contribution is -1.97. The number of nitrogens with zero attached hydrogens (tertiary/aromatic N) is 3. The maximum Gasteiger partial charge on any atom is 0.119 e. The van der Waals surface area contributed by atoms with Crippen LogP contribution in [0.15, 0.2) is 121 Å². The summed E-state index contributed by atoms with van der Waals surface area (Å²) in [5.41, 5.74) is 21.4. The number of aromatic amines is 1. The van der Waals surface area contributed by atoms with E-state index in [0.717, 1.165) is 101 Å². The Bertz CT molecular complexity index is 2990. The normalized spacial score (nSPS) is 12.0. The number of fused-ring (bicyclic) bond motifs is 8. The standard InChI is InChI=1S/C49H41N5O4/c1-54-43-22-23-44(54)47(31-12-8-16-35(26-31)57-4)42-28-37(50)49(53-42)48(32-13-9-17-36(27-32)58-5)41-21-19-39(52-41)45(29-10-6-14-33(24-29)55-2)38-18-20-40(51-38)46(43)30-11-7-15-34(25-30)56-3/h6-28,52H,50H2,1-5H3. The summed E-state index contributed by atoms with van der Waals surface area (Å²) in [6, 6.07) is 40.6. The first-order valence-electron chi connectivity index (χ1n) is 18.9. The molecule has 9 nitrogen and oxygen atoms in total. The summed E-state index contributed by atoms with van der Waals surface area (Å²) in [7, 11) is 8.78. The largest absolute Gasteiger partial charge is 0.497 e. The van der Waals surface area contributed by atoms with Crippen molar-refractivity contribution in [2.75, 3.05) is 28.4 Å². The highest BCUT2D eigenvalue weighted by Gasteiger charge is 2.23. The van der Waals surface area contributed by atoms with Crippen molar-refractivity contribution in [1.82, 2.24) is 19.5 Å². The second kappa shape index (κ2) is 14.9. The number of aryl methyl sites for hydroxylation is 1. The van der Waals surface area contributed by atoms with Crippen LogP contribution in [0.3, 0.4) is 0 Å². The lowest BCUT2D eigenvalue weighted by molar-refractivity contribution is 0.415. The number of hydrogen-bond acceptors (Lipinski definition) is 7. The zero-order valence-electron chi connectivity index (χ0n) is 32.8. The van der Waals surface area contributed by atoms with Crippen LogP contribution in [0, 0.1) is 0 Å². The average molecular weight is 764 g/mol. The summed E-state index contributed by atoms with van der Waals surface area (Å²) in [5.74, 6) is 2.93. The minimum absolute atomic E-state index is 0.533. The van der Waals surface area contributed by atoms with Crippen LogP contribution in [-0.4, -0.2) is 48.0 Å². The molecule has 4 aromatic carbocycles. The summed E-state index contributed by atoms with van der Waals surface area (Å²) < 4.78 is 25.1. The van der Waals surface area contributed by atoms with Crippen LogP contribution in [-0.2, 0) is 7.05 Å². The van der Waals surface area contributed by atoms with Gasteiger partial charge in [0.25, 0.3) is 0 Å². The maximum atomic E-state index is 7.07. The quantitative estimate of drug-likeness (QED) is 0.159. The molecule has 0 amide bonds. The lowest BCUT2D eigenvalue weighted by Gasteiger charge is -2.11. The van der Waals surface area contributed by atoms with Gasteiger partial charge in [-0.05, 0) is 113 Å². The third kappa shape index (κ3) is 6.32. The predicted octanol–water partition coefficient (Wildman–Crippen LogP) is 10.7. The van der Waals surface area contributed by atoms with Crippen LogP contribution >= 0.6 is 0 Å². The Morgan fingerprint density at radius 1 is 0.483 bits per heavy atom. The fourth-order valence-electron chi connectivity index (χ4n) is 7.93. The van der Waals surface area contributed by atoms with Gasteiger partial charge in [0.15, 0.2) is 0 Å². The molecule has 3 aromatic heterocycles. The van der Waals surface area contributed by atoms with Crippen LogP contribution in [0.4, 0.5) is 0 Å². The summed E-state index contributed by atoms with van der Waals surface area (Å²) in [6.07, 6.45) is 6.13. The second-order valence-electron chi connectivity index (χ2n) is 14.0. The molecule has 0 saturated heterocycles. The van der Waals surface area contributed by atoms with Crippen molar-refractivity contribution in [3.63, 3.8) is 0 Å². The molecule has 5 heterocycles. The van der Waals surface area contributed by atoms with Crippen LogP contribution in [0.1, 0.15) is 22.8 Å². The van der Waals surface area contributed by atoms with E-state index in [9.17, 15) is 0 Å². The molecule has 2 aliphatic rings.